The fourth-order valence-electron chi connectivity index (χ4n) is 1.80. The van der Waals surface area contributed by atoms with Crippen molar-refractivity contribution >= 4 is 22.9 Å². The summed E-state index contributed by atoms with van der Waals surface area (Å²) >= 11 is 7.83. The lowest BCUT2D eigenvalue weighted by atomic mass is 10.2. The third kappa shape index (κ3) is 4.30. The Morgan fingerprint density at radius 2 is 2.26 bits per heavy atom. The summed E-state index contributed by atoms with van der Waals surface area (Å²) in [5.41, 5.74) is 0.959. The molecule has 0 atom stereocenters. The minimum atomic E-state index is 0.578. The van der Waals surface area contributed by atoms with Gasteiger partial charge in [0.2, 0.25) is 0 Å². The van der Waals surface area contributed by atoms with Crippen LogP contribution in [-0.4, -0.2) is 15.0 Å². The van der Waals surface area contributed by atoms with Gasteiger partial charge in [-0.2, -0.15) is 0 Å². The number of nitrogens with one attached hydrogen (secondary N) is 2. The quantitative estimate of drug-likeness (QED) is 0.823. The monoisotopic (exact) mass is 298 g/mol. The third-order valence-electron chi connectivity index (χ3n) is 2.79. The van der Waals surface area contributed by atoms with Crippen molar-refractivity contribution in [2.45, 2.75) is 46.2 Å². The molecule has 2 N–H and O–H groups in total. The van der Waals surface area contributed by atoms with E-state index in [-0.39, 0.29) is 0 Å². The number of aromatic amines is 1. The first-order valence-electron chi connectivity index (χ1n) is 6.54. The molecule has 0 fully saturated rings. The zero-order chi connectivity index (χ0) is 13.7. The molecule has 2 heterocycles. The number of aromatic nitrogens is 3. The summed E-state index contributed by atoms with van der Waals surface area (Å²) in [7, 11) is 0. The van der Waals surface area contributed by atoms with Crippen LogP contribution in [0.15, 0.2) is 6.20 Å². The molecule has 4 nitrogen and oxygen atoms in total. The van der Waals surface area contributed by atoms with E-state index in [1.165, 1.54) is 4.88 Å². The summed E-state index contributed by atoms with van der Waals surface area (Å²) in [6.45, 7) is 5.69. The molecule has 0 aliphatic rings. The normalized spacial score (nSPS) is 11.1. The van der Waals surface area contributed by atoms with Gasteiger partial charge >= 0.3 is 0 Å². The maximum atomic E-state index is 6.11. The fourth-order valence-corrected chi connectivity index (χ4v) is 2.77. The molecular weight excluding hydrogens is 280 g/mol. The van der Waals surface area contributed by atoms with Crippen molar-refractivity contribution in [2.75, 3.05) is 0 Å². The molecule has 0 aliphatic carbocycles. The van der Waals surface area contributed by atoms with Gasteiger partial charge in [0, 0.05) is 30.6 Å². The van der Waals surface area contributed by atoms with Crippen LogP contribution in [-0.2, 0) is 19.5 Å². The van der Waals surface area contributed by atoms with Gasteiger partial charge in [0.05, 0.1) is 5.69 Å². The lowest BCUT2D eigenvalue weighted by molar-refractivity contribution is 0.676. The average molecular weight is 299 g/mol. The van der Waals surface area contributed by atoms with Gasteiger partial charge in [0.1, 0.15) is 10.8 Å². The Bertz CT molecular complexity index is 520. The van der Waals surface area contributed by atoms with E-state index in [1.807, 2.05) is 6.20 Å². The second-order valence-electron chi connectivity index (χ2n) is 4.52. The number of rotatable bonds is 7. The zero-order valence-electron chi connectivity index (χ0n) is 11.3. The molecule has 0 amide bonds. The number of hydrogen-bond acceptors (Lipinski definition) is 4. The summed E-state index contributed by atoms with van der Waals surface area (Å²) in [5.74, 6) is 0.980. The van der Waals surface area contributed by atoms with E-state index in [2.05, 4.69) is 34.1 Å². The first kappa shape index (κ1) is 14.5. The van der Waals surface area contributed by atoms with Gasteiger partial charge in [0.15, 0.2) is 5.15 Å². The summed E-state index contributed by atoms with van der Waals surface area (Å²) in [6, 6.07) is 0. The highest BCUT2D eigenvalue weighted by molar-refractivity contribution is 7.11. The van der Waals surface area contributed by atoms with Crippen molar-refractivity contribution in [1.29, 1.82) is 0 Å². The van der Waals surface area contributed by atoms with Crippen LogP contribution < -0.4 is 5.32 Å². The first-order chi connectivity index (χ1) is 9.19. The molecule has 0 aromatic carbocycles. The molecule has 2 aromatic heterocycles. The zero-order valence-corrected chi connectivity index (χ0v) is 12.9. The summed E-state index contributed by atoms with van der Waals surface area (Å²) < 4.78 is 0. The summed E-state index contributed by atoms with van der Waals surface area (Å²) in [5, 5.41) is 5.01. The SMILES string of the molecule is CCCCc1nc(Cl)c(CNCc2ncc(C)s2)[nH]1. The van der Waals surface area contributed by atoms with Crippen molar-refractivity contribution < 1.29 is 0 Å². The Hall–Kier alpha value is -0.910. The van der Waals surface area contributed by atoms with Crippen molar-refractivity contribution in [3.05, 3.63) is 32.8 Å². The van der Waals surface area contributed by atoms with Gasteiger partial charge in [-0.3, -0.25) is 0 Å². The van der Waals surface area contributed by atoms with E-state index in [0.29, 0.717) is 11.7 Å². The van der Waals surface area contributed by atoms with E-state index in [4.69, 9.17) is 11.6 Å². The minimum Gasteiger partial charge on any atom is -0.344 e. The molecule has 0 saturated heterocycles. The Morgan fingerprint density at radius 1 is 1.42 bits per heavy atom. The van der Waals surface area contributed by atoms with Crippen LogP contribution >= 0.6 is 22.9 Å². The van der Waals surface area contributed by atoms with Crippen LogP contribution in [0.4, 0.5) is 0 Å². The molecule has 2 aromatic rings. The number of H-pyrrole nitrogens is 1. The molecule has 0 radical (unpaired) electrons. The van der Waals surface area contributed by atoms with Crippen molar-refractivity contribution in [1.82, 2.24) is 20.3 Å². The molecule has 0 spiro atoms. The molecule has 0 aliphatic heterocycles. The second kappa shape index (κ2) is 7.03. The predicted octanol–water partition coefficient (Wildman–Crippen LogP) is 3.46. The maximum absolute atomic E-state index is 6.11. The third-order valence-corrected chi connectivity index (χ3v) is 4.02. The van der Waals surface area contributed by atoms with Gasteiger partial charge in [-0.1, -0.05) is 24.9 Å². The van der Waals surface area contributed by atoms with Crippen LogP contribution in [0.5, 0.6) is 0 Å². The van der Waals surface area contributed by atoms with Crippen molar-refractivity contribution in [3.8, 4) is 0 Å². The lowest BCUT2D eigenvalue weighted by Gasteiger charge is -2.00. The van der Waals surface area contributed by atoms with E-state index in [1.54, 1.807) is 11.3 Å². The number of aryl methyl sites for hydroxylation is 2. The van der Waals surface area contributed by atoms with Crippen LogP contribution in [0.1, 0.15) is 41.2 Å². The minimum absolute atomic E-state index is 0.578. The number of halogens is 1. The number of hydrogen-bond donors (Lipinski definition) is 2. The molecule has 104 valence electrons. The van der Waals surface area contributed by atoms with Gasteiger partial charge in [-0.25, -0.2) is 9.97 Å². The van der Waals surface area contributed by atoms with Crippen molar-refractivity contribution in [3.63, 3.8) is 0 Å². The molecule has 19 heavy (non-hydrogen) atoms. The Balaban J connectivity index is 1.83. The largest absolute Gasteiger partial charge is 0.344 e. The standard InChI is InChI=1S/C13H19ClN4S/c1-3-4-5-11-17-10(13(14)18-11)7-15-8-12-16-6-9(2)19-12/h6,15H,3-5,7-8H2,1-2H3,(H,17,18). The Labute approximate surface area is 122 Å². The second-order valence-corrected chi connectivity index (χ2v) is 6.20. The number of thiazole rings is 1. The van der Waals surface area contributed by atoms with Gasteiger partial charge in [-0.05, 0) is 13.3 Å². The molecule has 2 rings (SSSR count). The van der Waals surface area contributed by atoms with Crippen LogP contribution in [0.25, 0.3) is 0 Å². The molecular formula is C13H19ClN4S. The van der Waals surface area contributed by atoms with Gasteiger partial charge in [0.25, 0.3) is 0 Å². The number of unbranched alkanes of at least 4 members (excludes halogenated alkanes) is 1. The maximum Gasteiger partial charge on any atom is 0.151 e. The van der Waals surface area contributed by atoms with E-state index in [0.717, 1.165) is 42.3 Å². The highest BCUT2D eigenvalue weighted by Crippen LogP contribution is 2.15. The Kier molecular flexibility index (Phi) is 5.36. The van der Waals surface area contributed by atoms with Crippen molar-refractivity contribution in [2.24, 2.45) is 0 Å². The van der Waals surface area contributed by atoms with Crippen LogP contribution in [0.2, 0.25) is 5.15 Å². The Morgan fingerprint density at radius 3 is 2.95 bits per heavy atom. The van der Waals surface area contributed by atoms with E-state index in [9.17, 15) is 0 Å². The van der Waals surface area contributed by atoms with Crippen LogP contribution in [0, 0.1) is 6.92 Å². The number of nitrogens with zero attached hydrogens (tertiary/aromatic N) is 2. The molecule has 0 saturated carbocycles. The topological polar surface area (TPSA) is 53.6 Å². The summed E-state index contributed by atoms with van der Waals surface area (Å²) in [6.07, 6.45) is 5.15. The van der Waals surface area contributed by atoms with Crippen LogP contribution in [0.3, 0.4) is 0 Å². The predicted molar refractivity (Wildman–Crippen MR) is 79.6 cm³/mol. The molecule has 6 heteroatoms. The first-order valence-corrected chi connectivity index (χ1v) is 7.73. The molecule has 0 bridgehead atoms. The van der Waals surface area contributed by atoms with Gasteiger partial charge in [-0.15, -0.1) is 11.3 Å². The van der Waals surface area contributed by atoms with Gasteiger partial charge < -0.3 is 10.3 Å². The number of imidazole rings is 1. The highest BCUT2D eigenvalue weighted by atomic mass is 35.5. The fraction of sp³-hybridized carbons (Fsp3) is 0.538. The average Bonchev–Trinajstić information content (AvgIpc) is 2.94. The van der Waals surface area contributed by atoms with E-state index < -0.39 is 0 Å². The smallest absolute Gasteiger partial charge is 0.151 e. The van der Waals surface area contributed by atoms with E-state index >= 15 is 0 Å². The highest BCUT2D eigenvalue weighted by Gasteiger charge is 2.08. The molecule has 0 unspecified atom stereocenters. The lowest BCUT2D eigenvalue weighted by Crippen LogP contribution is -2.13. The summed E-state index contributed by atoms with van der Waals surface area (Å²) in [4.78, 5) is 13.2.